The van der Waals surface area contributed by atoms with Crippen molar-refractivity contribution in [3.8, 4) is 0 Å². The summed E-state index contributed by atoms with van der Waals surface area (Å²) in [5.74, 6) is -0.189. The first-order valence-electron chi connectivity index (χ1n) is 14.1. The molecular weight excluding hydrogens is 577 g/mol. The van der Waals surface area contributed by atoms with Crippen molar-refractivity contribution in [1.82, 2.24) is 14.7 Å². The van der Waals surface area contributed by atoms with E-state index in [9.17, 15) is 9.59 Å². The number of carbonyl (C=O) groups excluding carboxylic acids is 2. The summed E-state index contributed by atoms with van der Waals surface area (Å²) in [4.78, 5) is 39.2. The van der Waals surface area contributed by atoms with Crippen molar-refractivity contribution in [3.05, 3.63) is 105 Å². The molecular formula is C33H36N6O2S2. The summed E-state index contributed by atoms with van der Waals surface area (Å²) in [6, 6.07) is 25.8. The van der Waals surface area contributed by atoms with Crippen LogP contribution in [0, 0.1) is 0 Å². The number of hydrogen-bond donors (Lipinski definition) is 2. The molecule has 5 rings (SSSR count). The fraction of sp³-hybridized carbons (Fsp3) is 0.242. The van der Waals surface area contributed by atoms with Crippen molar-refractivity contribution in [3.63, 3.8) is 0 Å². The number of aliphatic imine (C=N–C) groups is 1. The zero-order valence-corrected chi connectivity index (χ0v) is 26.7. The predicted octanol–water partition coefficient (Wildman–Crippen LogP) is 6.62. The molecule has 0 spiro atoms. The molecule has 2 N–H and O–H groups in total. The van der Waals surface area contributed by atoms with Gasteiger partial charge < -0.3 is 20.4 Å². The minimum atomic E-state index is -0.110. The molecule has 0 atom stereocenters. The normalized spacial score (nSPS) is 17.9. The Morgan fingerprint density at radius 1 is 0.977 bits per heavy atom. The average molecular weight is 613 g/mol. The van der Waals surface area contributed by atoms with Crippen LogP contribution in [0.5, 0.6) is 0 Å². The largest absolute Gasteiger partial charge is 0.384 e. The highest BCUT2D eigenvalue weighted by Gasteiger charge is 2.39. The van der Waals surface area contributed by atoms with Gasteiger partial charge in [0.1, 0.15) is 4.91 Å². The van der Waals surface area contributed by atoms with Gasteiger partial charge in [-0.1, -0.05) is 72.4 Å². The molecule has 0 aliphatic carbocycles. The Bertz CT molecular complexity index is 1600. The second-order valence-corrected chi connectivity index (χ2v) is 12.7. The third kappa shape index (κ3) is 6.98. The number of amides is 2. The van der Waals surface area contributed by atoms with Gasteiger partial charge in [0.15, 0.2) is 5.17 Å². The van der Waals surface area contributed by atoms with Crippen molar-refractivity contribution in [1.29, 1.82) is 0 Å². The second-order valence-electron chi connectivity index (χ2n) is 10.5. The Morgan fingerprint density at radius 3 is 2.35 bits per heavy atom. The van der Waals surface area contributed by atoms with Gasteiger partial charge in [-0.05, 0) is 69.0 Å². The van der Waals surface area contributed by atoms with Gasteiger partial charge in [0.2, 0.25) is 5.91 Å². The van der Waals surface area contributed by atoms with Gasteiger partial charge in [-0.3, -0.25) is 14.5 Å². The SMILES string of the molecule is CCNc1ccc(NC(=O)CN(C)C)cc1N=C1S/C(=C2\SC(C)=C(c3ccccc3)N2C)C(=O)N1Cc1ccccc1. The third-order valence-corrected chi connectivity index (χ3v) is 9.20. The van der Waals surface area contributed by atoms with Gasteiger partial charge in [0.05, 0.1) is 35.2 Å². The lowest BCUT2D eigenvalue weighted by Gasteiger charge is -2.19. The molecule has 2 aliphatic rings. The van der Waals surface area contributed by atoms with Crippen molar-refractivity contribution in [2.75, 3.05) is 44.9 Å². The standard InChI is InChI=1S/C33H36N6O2S2/c1-6-34-26-18-17-25(35-28(40)21-37(3)4)19-27(26)36-33-39(20-23-13-9-7-10-14-23)31(41)30(43-33)32-38(5)29(22(2)42-32)24-15-11-8-12-16-24/h7-19,34H,6,20-21H2,1-5H3,(H,35,40)/b32-30-,36-33?. The van der Waals surface area contributed by atoms with E-state index in [1.54, 1.807) is 16.7 Å². The lowest BCUT2D eigenvalue weighted by atomic mass is 10.1. The topological polar surface area (TPSA) is 80.3 Å². The van der Waals surface area contributed by atoms with Crippen LogP contribution in [0.3, 0.4) is 0 Å². The maximum absolute atomic E-state index is 14.1. The van der Waals surface area contributed by atoms with Gasteiger partial charge in [-0.25, -0.2) is 4.99 Å². The Kier molecular flexibility index (Phi) is 9.59. The maximum Gasteiger partial charge on any atom is 0.269 e. The Balaban J connectivity index is 1.54. The highest BCUT2D eigenvalue weighted by atomic mass is 32.2. The van der Waals surface area contributed by atoms with E-state index in [1.807, 2.05) is 99.7 Å². The summed E-state index contributed by atoms with van der Waals surface area (Å²) < 4.78 is 0. The predicted molar refractivity (Wildman–Crippen MR) is 181 cm³/mol. The number of hydrogen-bond acceptors (Lipinski definition) is 8. The highest BCUT2D eigenvalue weighted by Crippen LogP contribution is 2.50. The quantitative estimate of drug-likeness (QED) is 0.263. The summed E-state index contributed by atoms with van der Waals surface area (Å²) in [6.07, 6.45) is 0. The number of amidine groups is 1. The number of nitrogens with zero attached hydrogens (tertiary/aromatic N) is 4. The van der Waals surface area contributed by atoms with E-state index in [2.05, 4.69) is 34.6 Å². The second kappa shape index (κ2) is 13.5. The van der Waals surface area contributed by atoms with Gasteiger partial charge >= 0.3 is 0 Å². The molecule has 0 bridgehead atoms. The smallest absolute Gasteiger partial charge is 0.269 e. The number of benzene rings is 3. The first kappa shape index (κ1) is 30.5. The molecule has 43 heavy (non-hydrogen) atoms. The van der Waals surface area contributed by atoms with Crippen LogP contribution in [-0.4, -0.2) is 65.9 Å². The van der Waals surface area contributed by atoms with Gasteiger partial charge in [-0.2, -0.15) is 0 Å². The minimum Gasteiger partial charge on any atom is -0.384 e. The molecule has 1 fully saturated rings. The zero-order valence-electron chi connectivity index (χ0n) is 25.0. The lowest BCUT2D eigenvalue weighted by molar-refractivity contribution is -0.122. The van der Waals surface area contributed by atoms with Crippen molar-refractivity contribution in [2.24, 2.45) is 4.99 Å². The monoisotopic (exact) mass is 612 g/mol. The third-order valence-electron chi connectivity index (χ3n) is 6.84. The summed E-state index contributed by atoms with van der Waals surface area (Å²) in [5.41, 5.74) is 5.34. The Morgan fingerprint density at radius 2 is 1.67 bits per heavy atom. The first-order valence-corrected chi connectivity index (χ1v) is 15.8. The number of nitrogens with one attached hydrogen (secondary N) is 2. The average Bonchev–Trinajstić information content (AvgIpc) is 3.44. The maximum atomic E-state index is 14.1. The molecule has 3 aromatic rings. The molecule has 0 unspecified atom stereocenters. The Hall–Kier alpha value is -3.99. The van der Waals surface area contributed by atoms with E-state index in [4.69, 9.17) is 4.99 Å². The number of likely N-dealkylation sites (N-methyl/N-ethyl adjacent to an activating group) is 1. The van der Waals surface area contributed by atoms with Crippen LogP contribution in [0.2, 0.25) is 0 Å². The van der Waals surface area contributed by atoms with E-state index >= 15 is 0 Å². The summed E-state index contributed by atoms with van der Waals surface area (Å²) in [5, 5.41) is 7.82. The van der Waals surface area contributed by atoms with Crippen LogP contribution in [-0.2, 0) is 16.1 Å². The van der Waals surface area contributed by atoms with Gasteiger partial charge in [0.25, 0.3) is 5.91 Å². The minimum absolute atomic E-state index is 0.0792. The molecule has 3 aromatic carbocycles. The first-order chi connectivity index (χ1) is 20.7. The van der Waals surface area contributed by atoms with E-state index in [0.29, 0.717) is 34.5 Å². The fourth-order valence-electron chi connectivity index (χ4n) is 4.95. The Labute approximate surface area is 261 Å². The van der Waals surface area contributed by atoms with E-state index < -0.39 is 0 Å². The lowest BCUT2D eigenvalue weighted by Crippen LogP contribution is -2.29. The highest BCUT2D eigenvalue weighted by molar-refractivity contribution is 8.19. The van der Waals surface area contributed by atoms with Crippen LogP contribution in [0.15, 0.2) is 98.7 Å². The summed E-state index contributed by atoms with van der Waals surface area (Å²) in [7, 11) is 5.72. The molecule has 10 heteroatoms. The van der Waals surface area contributed by atoms with Crippen molar-refractivity contribution < 1.29 is 9.59 Å². The summed E-state index contributed by atoms with van der Waals surface area (Å²) >= 11 is 3.01. The molecule has 2 amide bonds. The molecule has 0 saturated carbocycles. The molecule has 2 heterocycles. The van der Waals surface area contributed by atoms with Gasteiger partial charge in [-0.15, -0.1) is 0 Å². The van der Waals surface area contributed by atoms with Crippen LogP contribution in [0.25, 0.3) is 5.70 Å². The van der Waals surface area contributed by atoms with Crippen LogP contribution >= 0.6 is 23.5 Å². The van der Waals surface area contributed by atoms with Crippen LogP contribution < -0.4 is 10.6 Å². The van der Waals surface area contributed by atoms with E-state index in [1.165, 1.54) is 11.8 Å². The van der Waals surface area contributed by atoms with Gasteiger partial charge in [0, 0.05) is 24.2 Å². The summed E-state index contributed by atoms with van der Waals surface area (Å²) in [6.45, 7) is 5.48. The number of thioether (sulfide) groups is 2. The number of rotatable bonds is 9. The molecule has 0 radical (unpaired) electrons. The van der Waals surface area contributed by atoms with E-state index in [0.717, 1.165) is 32.4 Å². The van der Waals surface area contributed by atoms with E-state index in [-0.39, 0.29) is 18.4 Å². The number of carbonyl (C=O) groups is 2. The van der Waals surface area contributed by atoms with Crippen LogP contribution in [0.4, 0.5) is 17.1 Å². The molecule has 0 aromatic heterocycles. The molecule has 2 aliphatic heterocycles. The van der Waals surface area contributed by atoms with Crippen molar-refractivity contribution in [2.45, 2.75) is 20.4 Å². The molecule has 222 valence electrons. The van der Waals surface area contributed by atoms with Crippen molar-refractivity contribution >= 4 is 63.3 Å². The van der Waals surface area contributed by atoms with Crippen LogP contribution in [0.1, 0.15) is 25.0 Å². The molecule has 1 saturated heterocycles. The number of anilines is 2. The fourth-order valence-corrected chi connectivity index (χ4v) is 7.25. The number of allylic oxidation sites excluding steroid dienone is 1. The molecule has 8 nitrogen and oxygen atoms in total. The zero-order chi connectivity index (χ0) is 30.5.